The summed E-state index contributed by atoms with van der Waals surface area (Å²) in [7, 11) is 4.68. The standard InChI is InChI=1S/C24H27N7O3.C22H22N8O2.C22H24N6O3.C19H21N7O.C17H18N6O/c1-13-16(9-27-18-5-4-6-26-21(13)18)19-7-15-8-20(28-10-17(15)22(25)29-19)30-23(33)34-24(3)11-31(12-24)14(2)32;1-12-15(4-3-5-17(12)23)18-6-13-7-19(25-9-16(13)22(24)26-18)27-20-8-14-11-32-29(2)21(31)10-30(14)28-20;1-12-15(5-4-6-17(12)23)18-7-14-8-19(25-9-16(14)20(24)26-18)27-21(30)31-22(3)10-28(11-22)13(2)29;1-10-12(8-23-14-4-3-5-22-17(10)14)15-6-11-7-16(26-19(27)21-2)24-9-13(11)18(20)25-15;1-9-11(4-3-5-13(9)18)14-6-10-7-15(23-17(24)20-2)21-8-12(10)16(19)22-14/h7-10,26H,4-6,11-12H2,1-3H3,(H2,25,29)(H,28,30,33);3-9H,10-11,23H2,1-2H3,(H2,24,26)(H,25,27,28);4-9H,10-11,23H2,1-3H3,(H2,24,26)(H,25,27,30);6-9,22H,3-5H2,1-2H3,(H2,20,25)(H2,21,24,26,27);3-8H,18H2,1-2H3,(H2,19,22)(H2,20,21,23,24). The van der Waals surface area contributed by atoms with E-state index in [9.17, 15) is 33.6 Å². The van der Waals surface area contributed by atoms with E-state index in [0.717, 1.165) is 183 Å². The van der Waals surface area contributed by atoms with Crippen molar-refractivity contribution >= 4 is 188 Å². The summed E-state index contributed by atoms with van der Waals surface area (Å²) in [4.78, 5) is 144. The second-order valence-electron chi connectivity index (χ2n) is 36.8. The van der Waals surface area contributed by atoms with E-state index < -0.39 is 23.4 Å². The average Bonchev–Trinajstić information content (AvgIpc) is 0.966. The van der Waals surface area contributed by atoms with Crippen LogP contribution in [-0.4, -0.2) is 198 Å². The van der Waals surface area contributed by atoms with Crippen molar-refractivity contribution in [3.63, 3.8) is 0 Å². The number of pyridine rings is 12. The van der Waals surface area contributed by atoms with Gasteiger partial charge in [0.1, 0.15) is 82.5 Å². The maximum absolute atomic E-state index is 12.4. The average molecular weight is 2000 g/mol. The van der Waals surface area contributed by atoms with Crippen molar-refractivity contribution < 1.29 is 47.9 Å². The predicted molar refractivity (Wildman–Crippen MR) is 574 cm³/mol. The van der Waals surface area contributed by atoms with E-state index in [1.165, 1.54) is 18.9 Å². The van der Waals surface area contributed by atoms with E-state index in [4.69, 9.17) is 60.2 Å². The van der Waals surface area contributed by atoms with Gasteiger partial charge < -0.3 is 91.7 Å². The lowest BCUT2D eigenvalue weighted by Gasteiger charge is -2.46. The van der Waals surface area contributed by atoms with Crippen LogP contribution in [0.5, 0.6) is 0 Å². The molecule has 3 aromatic carbocycles. The lowest BCUT2D eigenvalue weighted by atomic mass is 9.96. The van der Waals surface area contributed by atoms with Gasteiger partial charge in [0.05, 0.1) is 83.1 Å². The summed E-state index contributed by atoms with van der Waals surface area (Å²) in [5.41, 5.74) is 67.9. The van der Waals surface area contributed by atoms with Gasteiger partial charge in [-0.05, 0) is 208 Å². The number of hydrogen-bond acceptors (Lipinski definition) is 34. The summed E-state index contributed by atoms with van der Waals surface area (Å²) < 4.78 is 12.6. The number of benzene rings is 3. The molecule has 5 aliphatic rings. The molecule has 21 rings (SSSR count). The summed E-state index contributed by atoms with van der Waals surface area (Å²) >= 11 is 0. The number of carbonyl (C=O) groups excluding carboxylic acids is 7. The molecule has 2 fully saturated rings. The smallest absolute Gasteiger partial charge is 0.413 e. The van der Waals surface area contributed by atoms with Gasteiger partial charge in [-0.2, -0.15) is 5.10 Å². The van der Waals surface area contributed by atoms with Gasteiger partial charge in [0.2, 0.25) is 11.8 Å². The van der Waals surface area contributed by atoms with E-state index in [1.54, 1.807) is 105 Å². The largest absolute Gasteiger partial charge is 0.439 e. The minimum Gasteiger partial charge on any atom is -0.439 e. The van der Waals surface area contributed by atoms with Crippen LogP contribution in [0.15, 0.2) is 165 Å². The number of amides is 9. The molecule has 0 spiro atoms. The Kier molecular flexibility index (Phi) is 28.6. The molecule has 0 atom stereocenters. The van der Waals surface area contributed by atoms with Gasteiger partial charge in [0.25, 0.3) is 5.91 Å². The first-order valence-electron chi connectivity index (χ1n) is 47.4. The first kappa shape index (κ1) is 101. The Hall–Kier alpha value is -18.8. The van der Waals surface area contributed by atoms with Crippen LogP contribution in [0.3, 0.4) is 0 Å². The van der Waals surface area contributed by atoms with Crippen LogP contribution in [-0.2, 0) is 54.7 Å². The first-order chi connectivity index (χ1) is 70.8. The molecule has 0 bridgehead atoms. The highest BCUT2D eigenvalue weighted by molar-refractivity contribution is 6.03. The normalized spacial score (nSPS) is 13.9. The third kappa shape index (κ3) is 22.0. The predicted octanol–water partition coefficient (Wildman–Crippen LogP) is 13.9. The van der Waals surface area contributed by atoms with Crippen molar-refractivity contribution in [2.24, 2.45) is 0 Å². The van der Waals surface area contributed by atoms with Crippen LogP contribution in [0.2, 0.25) is 0 Å². The highest BCUT2D eigenvalue weighted by atomic mass is 16.7. The molecular weight excluding hydrogens is 1890 g/mol. The number of rotatable bonds is 13. The second-order valence-corrected chi connectivity index (χ2v) is 36.8. The fourth-order valence-corrected chi connectivity index (χ4v) is 17.8. The Labute approximate surface area is 848 Å². The number of nitrogen functional groups attached to an aromatic ring is 8. The molecule has 16 aromatic rings. The number of likely N-dealkylation sites (N-methyl/N-ethyl adjacent to an activating group) is 1. The molecule has 9 amide bonds. The Balaban J connectivity index is 0.000000127. The molecule has 0 unspecified atom stereocenters. The zero-order chi connectivity index (χ0) is 105. The summed E-state index contributed by atoms with van der Waals surface area (Å²) in [6.45, 7) is 20.2. The highest BCUT2D eigenvalue weighted by Crippen LogP contribution is 2.41. The lowest BCUT2D eigenvalue weighted by Crippen LogP contribution is -2.63. The number of carbonyl (C=O) groups is 7. The number of hydroxylamine groups is 2. The molecule has 0 saturated carbocycles. The van der Waals surface area contributed by atoms with Gasteiger partial charge >= 0.3 is 24.2 Å². The molecular formula is C104H112N34O10. The number of fused-ring (bicyclic) bond motifs is 8. The topological polar surface area (TPSA) is 646 Å². The zero-order valence-corrected chi connectivity index (χ0v) is 83.4. The third-order valence-corrected chi connectivity index (χ3v) is 26.1. The number of ether oxygens (including phenoxy) is 2. The molecule has 5 aliphatic heterocycles. The SMILES string of the molecule is CC(=O)N1CC(C)(OC(=O)Nc2cc3cc(-c4cccc(N)c4C)nc(N)c3cn2)C1.CC(=O)N1CC(C)(OC(=O)Nc2cc3cc(-c4cnc5c(c4C)NCCC5)nc(N)c3cn2)C1.CNC(=O)Nc1cc2cc(-c3cccc(N)c3C)nc(N)c2cn1.CNC(=O)Nc1cc2cc(-c3cnc4c(c3C)NCCC4)nc(N)c2cn1.Cc1c(N)cccc1-c1cc2cc(Nc3cc4n(n3)CC(=O)N(C)OC4)ncc2c(N)n1. The van der Waals surface area contributed by atoms with Crippen LogP contribution in [0.25, 0.3) is 110 Å². The number of nitrogens with one attached hydrogen (secondary N) is 9. The van der Waals surface area contributed by atoms with Crippen LogP contribution in [0, 0.1) is 34.6 Å². The van der Waals surface area contributed by atoms with Gasteiger partial charge in [-0.1, -0.05) is 36.4 Å². The summed E-state index contributed by atoms with van der Waals surface area (Å²) in [6, 6.07) is 36.7. The molecule has 0 aliphatic carbocycles. The minimum absolute atomic E-state index is 0.0418. The molecule has 25 N–H and O–H groups in total. The van der Waals surface area contributed by atoms with E-state index in [0.29, 0.717) is 129 Å². The number of anilines is 16. The van der Waals surface area contributed by atoms with Crippen LogP contribution < -0.4 is 93.7 Å². The van der Waals surface area contributed by atoms with Crippen molar-refractivity contribution in [3.8, 4) is 56.3 Å². The molecule has 2 saturated heterocycles. The number of aryl methyl sites for hydroxylation is 2. The minimum atomic E-state index is -0.709. The van der Waals surface area contributed by atoms with E-state index in [1.807, 2.05) is 130 Å². The first-order valence-corrected chi connectivity index (χ1v) is 47.4. The molecule has 758 valence electrons. The third-order valence-electron chi connectivity index (χ3n) is 26.1. The molecule has 148 heavy (non-hydrogen) atoms. The number of likely N-dealkylation sites (tertiary alicyclic amines) is 2. The fraction of sp³-hybridized carbons (Fsp3) is 0.250. The number of hydrogen-bond donors (Lipinski definition) is 17. The van der Waals surface area contributed by atoms with E-state index >= 15 is 0 Å². The Morgan fingerprint density at radius 1 is 0.405 bits per heavy atom. The van der Waals surface area contributed by atoms with Crippen molar-refractivity contribution in [1.82, 2.24) is 95.1 Å². The molecule has 44 heteroatoms. The molecule has 44 nitrogen and oxygen atoms in total. The number of aromatic nitrogens is 14. The maximum Gasteiger partial charge on any atom is 0.413 e. The van der Waals surface area contributed by atoms with E-state index in [2.05, 4.69) is 127 Å². The number of nitrogens with zero attached hydrogens (tertiary/aromatic N) is 17. The molecule has 18 heterocycles. The van der Waals surface area contributed by atoms with Crippen molar-refractivity contribution in [1.29, 1.82) is 0 Å². The Bertz CT molecular complexity index is 8010. The van der Waals surface area contributed by atoms with Crippen LogP contribution >= 0.6 is 0 Å². The molecule has 0 radical (unpaired) electrons. The van der Waals surface area contributed by atoms with Gasteiger partial charge in [-0.15, -0.1) is 0 Å². The maximum atomic E-state index is 12.4. The lowest BCUT2D eigenvalue weighted by molar-refractivity contribution is -0.180. The quantitative estimate of drug-likeness (QED) is 0.0477. The van der Waals surface area contributed by atoms with Crippen LogP contribution in [0.1, 0.15) is 85.4 Å². The van der Waals surface area contributed by atoms with Crippen molar-refractivity contribution in [2.75, 3.05) is 143 Å². The van der Waals surface area contributed by atoms with Crippen LogP contribution in [0.4, 0.5) is 112 Å². The number of urea groups is 2. The number of nitrogens with two attached hydrogens (primary N) is 8. The summed E-state index contributed by atoms with van der Waals surface area (Å²) in [5.74, 6) is 4.30. The zero-order valence-electron chi connectivity index (χ0n) is 83.4. The van der Waals surface area contributed by atoms with Gasteiger partial charge in [0.15, 0.2) is 5.82 Å². The summed E-state index contributed by atoms with van der Waals surface area (Å²) in [6.07, 6.45) is 14.6. The van der Waals surface area contributed by atoms with Gasteiger partial charge in [0, 0.05) is 169 Å². The van der Waals surface area contributed by atoms with Crippen molar-refractivity contribution in [2.45, 2.75) is 112 Å². The Morgan fingerprint density at radius 3 is 1.07 bits per heavy atom. The monoisotopic (exact) mass is 2000 g/mol. The second kappa shape index (κ2) is 42.0. The van der Waals surface area contributed by atoms with Gasteiger partial charge in [-0.25, -0.2) is 74.1 Å². The van der Waals surface area contributed by atoms with E-state index in [-0.39, 0.29) is 42.9 Å². The van der Waals surface area contributed by atoms with Gasteiger partial charge in [-0.3, -0.25) is 55.1 Å². The highest BCUT2D eigenvalue weighted by Gasteiger charge is 2.45. The Morgan fingerprint density at radius 2 is 0.730 bits per heavy atom. The van der Waals surface area contributed by atoms with Crippen molar-refractivity contribution in [3.05, 3.63) is 210 Å². The fourth-order valence-electron chi connectivity index (χ4n) is 17.8. The molecule has 13 aromatic heterocycles. The summed E-state index contributed by atoms with van der Waals surface area (Å²) in [5, 5.41) is 39.1.